The third-order valence-corrected chi connectivity index (χ3v) is 3.98. The zero-order chi connectivity index (χ0) is 14.5. The largest absolute Gasteiger partial charge is 0.458 e. The summed E-state index contributed by atoms with van der Waals surface area (Å²) in [6.07, 6.45) is 19.4. The molecule has 20 heavy (non-hydrogen) atoms. The van der Waals surface area contributed by atoms with Crippen molar-refractivity contribution in [2.45, 2.75) is 96.5 Å². The molecule has 116 valence electrons. The van der Waals surface area contributed by atoms with E-state index in [1.54, 1.807) is 0 Å². The Kier molecular flexibility index (Phi) is 10.3. The smallest absolute Gasteiger partial charge is 0.306 e. The van der Waals surface area contributed by atoms with Gasteiger partial charge in [0, 0.05) is 6.42 Å². The van der Waals surface area contributed by atoms with E-state index >= 15 is 0 Å². The van der Waals surface area contributed by atoms with Gasteiger partial charge in [-0.05, 0) is 38.2 Å². The second-order valence-electron chi connectivity index (χ2n) is 5.97. The molecule has 0 N–H and O–H groups in total. The predicted octanol–water partition coefficient (Wildman–Crippen LogP) is 5.56. The molecule has 0 bridgehead atoms. The van der Waals surface area contributed by atoms with Crippen LogP contribution >= 0.6 is 0 Å². The fourth-order valence-electron chi connectivity index (χ4n) is 2.68. The van der Waals surface area contributed by atoms with Gasteiger partial charge < -0.3 is 4.74 Å². The highest BCUT2D eigenvalue weighted by Crippen LogP contribution is 2.15. The number of hydrogen-bond donors (Lipinski definition) is 0. The van der Waals surface area contributed by atoms with Crippen LogP contribution in [-0.4, -0.2) is 12.1 Å². The van der Waals surface area contributed by atoms with Crippen molar-refractivity contribution in [3.8, 4) is 0 Å². The molecular weight excluding hydrogens is 248 g/mol. The second kappa shape index (κ2) is 12.0. The third-order valence-electron chi connectivity index (χ3n) is 3.98. The van der Waals surface area contributed by atoms with Gasteiger partial charge in [-0.3, -0.25) is 4.79 Å². The maximum absolute atomic E-state index is 11.8. The molecule has 0 unspecified atom stereocenters. The molecule has 0 radical (unpaired) electrons. The first-order valence-corrected chi connectivity index (χ1v) is 8.69. The van der Waals surface area contributed by atoms with Crippen molar-refractivity contribution in [1.82, 2.24) is 0 Å². The monoisotopic (exact) mass is 280 g/mol. The van der Waals surface area contributed by atoms with Crippen molar-refractivity contribution < 1.29 is 9.53 Å². The lowest BCUT2D eigenvalue weighted by Crippen LogP contribution is -2.16. The van der Waals surface area contributed by atoms with E-state index in [0.717, 1.165) is 19.3 Å². The van der Waals surface area contributed by atoms with Gasteiger partial charge in [-0.2, -0.15) is 0 Å². The lowest BCUT2D eigenvalue weighted by molar-refractivity contribution is -0.147. The van der Waals surface area contributed by atoms with E-state index in [9.17, 15) is 4.79 Å². The number of esters is 1. The van der Waals surface area contributed by atoms with Gasteiger partial charge in [0.25, 0.3) is 0 Å². The fourth-order valence-corrected chi connectivity index (χ4v) is 2.68. The highest BCUT2D eigenvalue weighted by Gasteiger charge is 2.11. The van der Waals surface area contributed by atoms with Gasteiger partial charge in [-0.25, -0.2) is 0 Å². The molecule has 0 aromatic rings. The molecule has 0 saturated carbocycles. The summed E-state index contributed by atoms with van der Waals surface area (Å²) in [7, 11) is 0. The van der Waals surface area contributed by atoms with E-state index in [1.165, 1.54) is 57.8 Å². The van der Waals surface area contributed by atoms with Crippen molar-refractivity contribution in [2.24, 2.45) is 0 Å². The lowest BCUT2D eigenvalue weighted by Gasteiger charge is -2.15. The Labute approximate surface area is 125 Å². The van der Waals surface area contributed by atoms with E-state index in [2.05, 4.69) is 19.1 Å². The Hall–Kier alpha value is -0.790. The number of carbonyl (C=O) groups excluding carboxylic acids is 1. The van der Waals surface area contributed by atoms with Crippen LogP contribution in [0.4, 0.5) is 0 Å². The fraction of sp³-hybridized carbons (Fsp3) is 0.833. The van der Waals surface area contributed by atoms with Crippen molar-refractivity contribution in [2.75, 3.05) is 0 Å². The highest BCUT2D eigenvalue weighted by molar-refractivity contribution is 5.69. The van der Waals surface area contributed by atoms with Crippen LogP contribution in [0.1, 0.15) is 90.4 Å². The predicted molar refractivity (Wildman–Crippen MR) is 84.7 cm³/mol. The van der Waals surface area contributed by atoms with Gasteiger partial charge in [0.1, 0.15) is 6.10 Å². The molecule has 2 heteroatoms. The summed E-state index contributed by atoms with van der Waals surface area (Å²) in [6, 6.07) is 0. The number of ether oxygens (including phenoxy) is 1. The number of carbonyl (C=O) groups is 1. The summed E-state index contributed by atoms with van der Waals surface area (Å²) in [5.74, 6) is -0.00576. The zero-order valence-corrected chi connectivity index (χ0v) is 13.2. The van der Waals surface area contributed by atoms with Crippen molar-refractivity contribution in [3.05, 3.63) is 12.2 Å². The molecule has 0 amide bonds. The van der Waals surface area contributed by atoms with E-state index < -0.39 is 0 Å². The standard InChI is InChI=1S/C18H32O2/c1-2-3-4-8-11-14-17-15-12-9-6-5-7-10-13-16-18(19)20-17/h12,15,17H,2-11,13-14,16H2,1H3/b15-12+/t17-/m0/s1. The van der Waals surface area contributed by atoms with Crippen LogP contribution < -0.4 is 0 Å². The van der Waals surface area contributed by atoms with Gasteiger partial charge in [0.15, 0.2) is 0 Å². The SMILES string of the molecule is CCCCCCC[C@H]1/C=C/CCCCCCCC(=O)O1. The molecule has 1 heterocycles. The van der Waals surface area contributed by atoms with E-state index in [1.807, 2.05) is 0 Å². The normalized spacial score (nSPS) is 23.4. The zero-order valence-electron chi connectivity index (χ0n) is 13.2. The number of unbranched alkanes of at least 4 members (excludes halogenated alkanes) is 4. The first-order valence-electron chi connectivity index (χ1n) is 8.69. The Morgan fingerprint density at radius 1 is 1.05 bits per heavy atom. The van der Waals surface area contributed by atoms with Crippen molar-refractivity contribution in [3.63, 3.8) is 0 Å². The molecule has 1 rings (SSSR count). The third kappa shape index (κ3) is 9.17. The first-order chi connectivity index (χ1) is 9.83. The summed E-state index contributed by atoms with van der Waals surface area (Å²) in [5.41, 5.74) is 0. The topological polar surface area (TPSA) is 26.3 Å². The summed E-state index contributed by atoms with van der Waals surface area (Å²) in [6.45, 7) is 2.23. The van der Waals surface area contributed by atoms with Crippen LogP contribution in [0.25, 0.3) is 0 Å². The van der Waals surface area contributed by atoms with Crippen LogP contribution in [0.2, 0.25) is 0 Å². The lowest BCUT2D eigenvalue weighted by atomic mass is 10.1. The Morgan fingerprint density at radius 2 is 1.80 bits per heavy atom. The minimum atomic E-state index is -0.00576. The van der Waals surface area contributed by atoms with Crippen molar-refractivity contribution in [1.29, 1.82) is 0 Å². The van der Waals surface area contributed by atoms with Crippen molar-refractivity contribution >= 4 is 5.97 Å². The summed E-state index contributed by atoms with van der Waals surface area (Å²) in [4.78, 5) is 11.8. The van der Waals surface area contributed by atoms with Gasteiger partial charge in [0.2, 0.25) is 0 Å². The summed E-state index contributed by atoms with van der Waals surface area (Å²) >= 11 is 0. The molecular formula is C18H32O2. The summed E-state index contributed by atoms with van der Waals surface area (Å²) < 4.78 is 5.60. The maximum Gasteiger partial charge on any atom is 0.306 e. The van der Waals surface area contributed by atoms with Crippen LogP contribution in [-0.2, 0) is 9.53 Å². The average molecular weight is 280 g/mol. The molecule has 1 atom stereocenters. The van der Waals surface area contributed by atoms with E-state index in [4.69, 9.17) is 4.74 Å². The minimum absolute atomic E-state index is 0.00576. The van der Waals surface area contributed by atoms with Crippen LogP contribution in [0, 0.1) is 0 Å². The molecule has 0 saturated heterocycles. The summed E-state index contributed by atoms with van der Waals surface area (Å²) in [5, 5.41) is 0. The first kappa shape index (κ1) is 17.3. The van der Waals surface area contributed by atoms with Gasteiger partial charge in [-0.1, -0.05) is 57.9 Å². The van der Waals surface area contributed by atoms with Crippen LogP contribution in [0.5, 0.6) is 0 Å². The Bertz CT molecular complexity index is 271. The Morgan fingerprint density at radius 3 is 2.65 bits per heavy atom. The van der Waals surface area contributed by atoms with Crippen LogP contribution in [0.15, 0.2) is 12.2 Å². The van der Waals surface area contributed by atoms with Crippen LogP contribution in [0.3, 0.4) is 0 Å². The number of allylic oxidation sites excluding steroid dienone is 1. The number of hydrogen-bond acceptors (Lipinski definition) is 2. The van der Waals surface area contributed by atoms with Gasteiger partial charge >= 0.3 is 5.97 Å². The van der Waals surface area contributed by atoms with Gasteiger partial charge in [0.05, 0.1) is 0 Å². The quantitative estimate of drug-likeness (QED) is 0.362. The highest BCUT2D eigenvalue weighted by atomic mass is 16.5. The Balaban J connectivity index is 2.33. The molecule has 0 aliphatic carbocycles. The molecule has 0 fully saturated rings. The molecule has 0 spiro atoms. The maximum atomic E-state index is 11.8. The number of cyclic esters (lactones) is 1. The molecule has 0 aromatic heterocycles. The minimum Gasteiger partial charge on any atom is -0.458 e. The van der Waals surface area contributed by atoms with Gasteiger partial charge in [-0.15, -0.1) is 0 Å². The van der Waals surface area contributed by atoms with E-state index in [0.29, 0.717) is 6.42 Å². The van der Waals surface area contributed by atoms with E-state index in [-0.39, 0.29) is 12.1 Å². The molecule has 2 nitrogen and oxygen atoms in total. The molecule has 1 aliphatic heterocycles. The molecule has 1 aliphatic rings. The second-order valence-corrected chi connectivity index (χ2v) is 5.97. The average Bonchev–Trinajstić information content (AvgIpc) is 2.43. The molecule has 0 aromatic carbocycles. The number of rotatable bonds is 6.